The summed E-state index contributed by atoms with van der Waals surface area (Å²) < 4.78 is 0. The summed E-state index contributed by atoms with van der Waals surface area (Å²) in [6.45, 7) is 6.43. The van der Waals surface area contributed by atoms with Crippen LogP contribution in [0.25, 0.3) is 0 Å². The smallest absolute Gasteiger partial charge is 0.217 e. The van der Waals surface area contributed by atoms with Gasteiger partial charge in [-0.25, -0.2) is 0 Å². The number of nitrogens with one attached hydrogen (secondary N) is 1. The molecule has 22 heavy (non-hydrogen) atoms. The molecule has 0 spiro atoms. The van der Waals surface area contributed by atoms with Crippen molar-refractivity contribution < 1.29 is 4.79 Å². The number of carbonyl (C=O) groups excluding carboxylic acids is 1. The third kappa shape index (κ3) is 8.14. The van der Waals surface area contributed by atoms with Gasteiger partial charge >= 0.3 is 0 Å². The molecule has 2 nitrogen and oxygen atoms in total. The standard InChI is InChI=1S/C19H27NOS/c1-4-8-18(9-5-2)15-22-19-12-6-10-17(14-19)11-7-13-20-16(3)21/h6,10,12,14,18H,4-5,8-9,13,15H2,1-3H3,(H,20,21). The van der Waals surface area contributed by atoms with E-state index in [1.165, 1.54) is 43.3 Å². The van der Waals surface area contributed by atoms with Gasteiger partial charge in [0.05, 0.1) is 6.54 Å². The normalized spacial score (nSPS) is 10.2. The fourth-order valence-electron chi connectivity index (χ4n) is 2.32. The highest BCUT2D eigenvalue weighted by Gasteiger charge is 2.07. The Morgan fingerprint density at radius 2 is 2.00 bits per heavy atom. The van der Waals surface area contributed by atoms with Crippen molar-refractivity contribution in [2.75, 3.05) is 12.3 Å². The zero-order chi connectivity index (χ0) is 16.2. The molecule has 0 radical (unpaired) electrons. The van der Waals surface area contributed by atoms with Crippen LogP contribution in [0.2, 0.25) is 0 Å². The van der Waals surface area contributed by atoms with Crippen LogP contribution < -0.4 is 5.32 Å². The summed E-state index contributed by atoms with van der Waals surface area (Å²) in [5.74, 6) is 8.03. The van der Waals surface area contributed by atoms with E-state index in [1.54, 1.807) is 0 Å². The van der Waals surface area contributed by atoms with Crippen LogP contribution in [0.5, 0.6) is 0 Å². The first-order valence-electron chi connectivity index (χ1n) is 8.11. The van der Waals surface area contributed by atoms with Crippen LogP contribution in [0.15, 0.2) is 29.2 Å². The predicted octanol–water partition coefficient (Wildman–Crippen LogP) is 4.48. The van der Waals surface area contributed by atoms with E-state index in [4.69, 9.17) is 0 Å². The lowest BCUT2D eigenvalue weighted by Gasteiger charge is -2.14. The third-order valence-electron chi connectivity index (χ3n) is 3.37. The highest BCUT2D eigenvalue weighted by Crippen LogP contribution is 2.25. The second-order valence-electron chi connectivity index (χ2n) is 5.49. The van der Waals surface area contributed by atoms with Gasteiger partial charge in [-0.1, -0.05) is 44.6 Å². The van der Waals surface area contributed by atoms with Crippen molar-refractivity contribution in [2.24, 2.45) is 5.92 Å². The molecule has 0 atom stereocenters. The van der Waals surface area contributed by atoms with Gasteiger partial charge in [0.2, 0.25) is 5.91 Å². The second kappa shape index (κ2) is 11.2. The Kier molecular flexibility index (Phi) is 9.50. The maximum atomic E-state index is 10.8. The Morgan fingerprint density at radius 3 is 2.64 bits per heavy atom. The van der Waals surface area contributed by atoms with E-state index in [1.807, 2.05) is 17.8 Å². The molecule has 1 N–H and O–H groups in total. The van der Waals surface area contributed by atoms with Crippen LogP contribution in [-0.2, 0) is 4.79 Å². The molecule has 0 aliphatic carbocycles. The summed E-state index contributed by atoms with van der Waals surface area (Å²) in [5.41, 5.74) is 1.01. The number of thioether (sulfide) groups is 1. The van der Waals surface area contributed by atoms with Crippen molar-refractivity contribution in [3.63, 3.8) is 0 Å². The Labute approximate surface area is 139 Å². The number of rotatable bonds is 8. The fourth-order valence-corrected chi connectivity index (χ4v) is 3.47. The summed E-state index contributed by atoms with van der Waals surface area (Å²) >= 11 is 1.93. The molecule has 1 aromatic rings. The van der Waals surface area contributed by atoms with E-state index >= 15 is 0 Å². The highest BCUT2D eigenvalue weighted by atomic mass is 32.2. The van der Waals surface area contributed by atoms with Gasteiger partial charge in [0.25, 0.3) is 0 Å². The first-order valence-corrected chi connectivity index (χ1v) is 9.10. The molecule has 120 valence electrons. The minimum Gasteiger partial charge on any atom is -0.345 e. The Hall–Kier alpha value is -1.40. The highest BCUT2D eigenvalue weighted by molar-refractivity contribution is 7.99. The van der Waals surface area contributed by atoms with Crippen LogP contribution in [0.1, 0.15) is 52.0 Å². The maximum absolute atomic E-state index is 10.8. The molecular formula is C19H27NOS. The summed E-state index contributed by atoms with van der Waals surface area (Å²) in [6, 6.07) is 8.36. The van der Waals surface area contributed by atoms with E-state index < -0.39 is 0 Å². The van der Waals surface area contributed by atoms with Gasteiger partial charge in [-0.15, -0.1) is 11.8 Å². The molecule has 0 unspecified atom stereocenters. The lowest BCUT2D eigenvalue weighted by Crippen LogP contribution is -2.19. The van der Waals surface area contributed by atoms with E-state index in [-0.39, 0.29) is 5.91 Å². The fraction of sp³-hybridized carbons (Fsp3) is 0.526. The van der Waals surface area contributed by atoms with Gasteiger partial charge in [0.15, 0.2) is 0 Å². The van der Waals surface area contributed by atoms with Crippen molar-refractivity contribution in [3.05, 3.63) is 29.8 Å². The van der Waals surface area contributed by atoms with E-state index in [2.05, 4.69) is 49.2 Å². The van der Waals surface area contributed by atoms with Crippen molar-refractivity contribution in [2.45, 2.75) is 51.3 Å². The van der Waals surface area contributed by atoms with Crippen molar-refractivity contribution in [1.82, 2.24) is 5.32 Å². The van der Waals surface area contributed by atoms with Crippen molar-refractivity contribution >= 4 is 17.7 Å². The SMILES string of the molecule is CCCC(CCC)CSc1cccc(C#CCNC(C)=O)c1. The monoisotopic (exact) mass is 317 g/mol. The molecular weight excluding hydrogens is 290 g/mol. The molecule has 1 rings (SSSR count). The van der Waals surface area contributed by atoms with Crippen LogP contribution in [0.4, 0.5) is 0 Å². The van der Waals surface area contributed by atoms with Gasteiger partial charge < -0.3 is 5.32 Å². The van der Waals surface area contributed by atoms with Gasteiger partial charge in [-0.3, -0.25) is 4.79 Å². The van der Waals surface area contributed by atoms with Crippen LogP contribution >= 0.6 is 11.8 Å². The number of hydrogen-bond donors (Lipinski definition) is 1. The molecule has 0 aromatic heterocycles. The first-order chi connectivity index (χ1) is 10.7. The first kappa shape index (κ1) is 18.6. The Bertz CT molecular complexity index is 510. The molecule has 0 saturated carbocycles. The number of hydrogen-bond acceptors (Lipinski definition) is 2. The molecule has 1 aromatic carbocycles. The molecule has 0 fully saturated rings. The Balaban J connectivity index is 2.54. The van der Waals surface area contributed by atoms with Gasteiger partial charge in [0, 0.05) is 23.1 Å². The molecule has 1 amide bonds. The van der Waals surface area contributed by atoms with Crippen molar-refractivity contribution in [3.8, 4) is 11.8 Å². The zero-order valence-corrected chi connectivity index (χ0v) is 14.8. The molecule has 0 heterocycles. The van der Waals surface area contributed by atoms with E-state index in [0.717, 1.165) is 11.5 Å². The predicted molar refractivity (Wildman–Crippen MR) is 96.0 cm³/mol. The topological polar surface area (TPSA) is 29.1 Å². The van der Waals surface area contributed by atoms with Crippen LogP contribution in [0, 0.1) is 17.8 Å². The minimum absolute atomic E-state index is 0.0449. The summed E-state index contributed by atoms with van der Waals surface area (Å²) in [4.78, 5) is 12.1. The minimum atomic E-state index is -0.0449. The molecule has 0 bridgehead atoms. The largest absolute Gasteiger partial charge is 0.345 e. The summed E-state index contributed by atoms with van der Waals surface area (Å²) in [5, 5.41) is 2.68. The van der Waals surface area contributed by atoms with Crippen LogP contribution in [0.3, 0.4) is 0 Å². The van der Waals surface area contributed by atoms with Gasteiger partial charge in [0.1, 0.15) is 0 Å². The zero-order valence-electron chi connectivity index (χ0n) is 13.9. The number of carbonyl (C=O) groups is 1. The van der Waals surface area contributed by atoms with E-state index in [0.29, 0.717) is 6.54 Å². The Morgan fingerprint density at radius 1 is 1.27 bits per heavy atom. The summed E-state index contributed by atoms with van der Waals surface area (Å²) in [7, 11) is 0. The average Bonchev–Trinajstić information content (AvgIpc) is 2.50. The lowest BCUT2D eigenvalue weighted by atomic mass is 10.0. The second-order valence-corrected chi connectivity index (χ2v) is 6.59. The third-order valence-corrected chi connectivity index (χ3v) is 4.60. The maximum Gasteiger partial charge on any atom is 0.217 e. The number of benzene rings is 1. The van der Waals surface area contributed by atoms with Crippen LogP contribution in [-0.4, -0.2) is 18.2 Å². The quantitative estimate of drug-likeness (QED) is 0.565. The molecule has 0 aliphatic rings. The van der Waals surface area contributed by atoms with Gasteiger partial charge in [-0.05, 0) is 37.0 Å². The van der Waals surface area contributed by atoms with Gasteiger partial charge in [-0.2, -0.15) is 0 Å². The van der Waals surface area contributed by atoms with E-state index in [9.17, 15) is 4.79 Å². The van der Waals surface area contributed by atoms with Crippen molar-refractivity contribution in [1.29, 1.82) is 0 Å². The molecule has 0 aliphatic heterocycles. The average molecular weight is 317 g/mol. The molecule has 3 heteroatoms. The molecule has 0 saturated heterocycles. The summed E-state index contributed by atoms with van der Waals surface area (Å²) in [6.07, 6.45) is 5.16. The number of amides is 1. The lowest BCUT2D eigenvalue weighted by molar-refractivity contribution is -0.118.